The lowest BCUT2D eigenvalue weighted by Gasteiger charge is -2.27. The van der Waals surface area contributed by atoms with Gasteiger partial charge in [0, 0.05) is 19.0 Å². The molecule has 8 heteroatoms. The van der Waals surface area contributed by atoms with Gasteiger partial charge in [-0.3, -0.25) is 4.79 Å². The summed E-state index contributed by atoms with van der Waals surface area (Å²) in [4.78, 5) is 12.3. The van der Waals surface area contributed by atoms with Crippen LogP contribution in [-0.4, -0.2) is 32.8 Å². The van der Waals surface area contributed by atoms with Gasteiger partial charge in [-0.05, 0) is 31.7 Å². The highest BCUT2D eigenvalue weighted by atomic mass is 32.1. The molecule has 0 fully saturated rings. The monoisotopic (exact) mass is 330 g/mol. The van der Waals surface area contributed by atoms with Gasteiger partial charge in [0.05, 0.1) is 11.6 Å². The van der Waals surface area contributed by atoms with Gasteiger partial charge >= 0.3 is 0 Å². The molecule has 3 rings (SSSR count). The summed E-state index contributed by atoms with van der Waals surface area (Å²) in [6.45, 7) is 4.55. The number of thiophene rings is 1. The molecular weight excluding hydrogens is 312 g/mol. The number of aromatic nitrogens is 3. The van der Waals surface area contributed by atoms with E-state index in [-0.39, 0.29) is 18.0 Å². The van der Waals surface area contributed by atoms with Crippen LogP contribution < -0.4 is 10.6 Å². The Bertz CT molecular complexity index is 758. The summed E-state index contributed by atoms with van der Waals surface area (Å²) in [5.41, 5.74) is 0.498. The van der Waals surface area contributed by atoms with E-state index in [1.807, 2.05) is 13.8 Å². The molecule has 0 unspecified atom stereocenters. The highest BCUT2D eigenvalue weighted by Gasteiger charge is 2.25. The SMILES string of the molecule is Cc1nnc2n1C[C@@H](N[C@H](C)C(=O)Nc1sccc1C#N)CC2. The molecule has 1 aliphatic rings. The minimum absolute atomic E-state index is 0.129. The fourth-order valence-electron chi connectivity index (χ4n) is 2.74. The van der Waals surface area contributed by atoms with E-state index >= 15 is 0 Å². The van der Waals surface area contributed by atoms with Gasteiger partial charge in [-0.1, -0.05) is 0 Å². The van der Waals surface area contributed by atoms with E-state index in [9.17, 15) is 4.79 Å². The average molecular weight is 330 g/mol. The maximum Gasteiger partial charge on any atom is 0.241 e. The number of nitrogens with one attached hydrogen (secondary N) is 2. The van der Waals surface area contributed by atoms with Crippen molar-refractivity contribution in [1.82, 2.24) is 20.1 Å². The maximum absolute atomic E-state index is 12.3. The smallest absolute Gasteiger partial charge is 0.241 e. The second kappa shape index (κ2) is 6.48. The van der Waals surface area contributed by atoms with Crippen LogP contribution in [-0.2, 0) is 17.8 Å². The molecule has 2 aromatic heterocycles. The fraction of sp³-hybridized carbons (Fsp3) is 0.467. The summed E-state index contributed by atoms with van der Waals surface area (Å²) in [5, 5.41) is 25.8. The number of nitrogens with zero attached hydrogens (tertiary/aromatic N) is 4. The van der Waals surface area contributed by atoms with Crippen LogP contribution in [0.25, 0.3) is 0 Å². The van der Waals surface area contributed by atoms with Crippen molar-refractivity contribution >= 4 is 22.2 Å². The van der Waals surface area contributed by atoms with Gasteiger partial charge in [0.1, 0.15) is 22.7 Å². The molecule has 2 aromatic rings. The van der Waals surface area contributed by atoms with Gasteiger partial charge < -0.3 is 15.2 Å². The van der Waals surface area contributed by atoms with E-state index in [4.69, 9.17) is 5.26 Å². The Kier molecular flexibility index (Phi) is 4.41. The van der Waals surface area contributed by atoms with E-state index in [1.54, 1.807) is 11.4 Å². The molecule has 2 atom stereocenters. The zero-order valence-corrected chi connectivity index (χ0v) is 13.9. The first kappa shape index (κ1) is 15.6. The van der Waals surface area contributed by atoms with E-state index in [2.05, 4.69) is 31.5 Å². The lowest BCUT2D eigenvalue weighted by molar-refractivity contribution is -0.118. The van der Waals surface area contributed by atoms with Gasteiger partial charge in [0.25, 0.3) is 0 Å². The number of hydrogen-bond acceptors (Lipinski definition) is 6. The standard InChI is InChI=1S/C15H18N6OS/c1-9(14(22)18-15-11(7-16)5-6-23-15)17-12-3-4-13-20-19-10(2)21(13)8-12/h5-6,9,12,17H,3-4,8H2,1-2H3,(H,18,22)/t9-,12+/m1/s1. The van der Waals surface area contributed by atoms with Crippen molar-refractivity contribution in [3.63, 3.8) is 0 Å². The van der Waals surface area contributed by atoms with Crippen LogP contribution in [0.15, 0.2) is 11.4 Å². The normalized spacial score (nSPS) is 18.0. The van der Waals surface area contributed by atoms with E-state index < -0.39 is 0 Å². The minimum Gasteiger partial charge on any atom is -0.315 e. The summed E-state index contributed by atoms with van der Waals surface area (Å²) in [6, 6.07) is 3.64. The second-order valence-corrected chi connectivity index (χ2v) is 6.58. The van der Waals surface area contributed by atoms with Crippen LogP contribution in [0, 0.1) is 18.3 Å². The second-order valence-electron chi connectivity index (χ2n) is 5.66. The van der Waals surface area contributed by atoms with Crippen LogP contribution >= 0.6 is 11.3 Å². The van der Waals surface area contributed by atoms with Crippen molar-refractivity contribution in [2.75, 3.05) is 5.32 Å². The zero-order valence-electron chi connectivity index (χ0n) is 13.0. The Balaban J connectivity index is 1.59. The van der Waals surface area contributed by atoms with Gasteiger partial charge in [-0.15, -0.1) is 21.5 Å². The predicted molar refractivity (Wildman–Crippen MR) is 87.1 cm³/mol. The third kappa shape index (κ3) is 3.25. The van der Waals surface area contributed by atoms with Gasteiger partial charge in [0.2, 0.25) is 5.91 Å². The van der Waals surface area contributed by atoms with Crippen molar-refractivity contribution in [2.24, 2.45) is 0 Å². The van der Waals surface area contributed by atoms with Gasteiger partial charge in [-0.2, -0.15) is 5.26 Å². The molecule has 0 bridgehead atoms. The minimum atomic E-state index is -0.341. The molecular formula is C15H18N6OS. The number of aryl methyl sites for hydroxylation is 2. The summed E-state index contributed by atoms with van der Waals surface area (Å²) in [7, 11) is 0. The van der Waals surface area contributed by atoms with Gasteiger partial charge in [0.15, 0.2) is 0 Å². The molecule has 0 aromatic carbocycles. The van der Waals surface area contributed by atoms with E-state index in [0.29, 0.717) is 10.6 Å². The molecule has 3 heterocycles. The summed E-state index contributed by atoms with van der Waals surface area (Å²) >= 11 is 1.36. The van der Waals surface area contributed by atoms with Crippen LogP contribution in [0.4, 0.5) is 5.00 Å². The number of amides is 1. The molecule has 0 saturated heterocycles. The number of carbonyl (C=O) groups excluding carboxylic acids is 1. The first-order valence-corrected chi connectivity index (χ1v) is 8.39. The zero-order chi connectivity index (χ0) is 16.4. The number of rotatable bonds is 4. The number of nitriles is 1. The molecule has 7 nitrogen and oxygen atoms in total. The first-order chi connectivity index (χ1) is 11.1. The van der Waals surface area contributed by atoms with Gasteiger partial charge in [-0.25, -0.2) is 0 Å². The van der Waals surface area contributed by atoms with E-state index in [0.717, 1.165) is 31.0 Å². The van der Waals surface area contributed by atoms with Crippen LogP contribution in [0.5, 0.6) is 0 Å². The third-order valence-corrected chi connectivity index (χ3v) is 4.86. The van der Waals surface area contributed by atoms with Crippen molar-refractivity contribution in [2.45, 2.75) is 45.3 Å². The molecule has 1 aliphatic heterocycles. The lowest BCUT2D eigenvalue weighted by atomic mass is 10.1. The highest BCUT2D eigenvalue weighted by molar-refractivity contribution is 7.14. The number of anilines is 1. The number of fused-ring (bicyclic) bond motifs is 1. The molecule has 2 N–H and O–H groups in total. The van der Waals surface area contributed by atoms with Crippen molar-refractivity contribution in [1.29, 1.82) is 5.26 Å². The molecule has 0 aliphatic carbocycles. The summed E-state index contributed by atoms with van der Waals surface area (Å²) < 4.78 is 2.10. The molecule has 0 spiro atoms. The Labute approximate surface area is 138 Å². The fourth-order valence-corrected chi connectivity index (χ4v) is 3.48. The Morgan fingerprint density at radius 1 is 1.57 bits per heavy atom. The maximum atomic E-state index is 12.3. The topological polar surface area (TPSA) is 95.6 Å². The average Bonchev–Trinajstić information content (AvgIpc) is 3.14. The molecule has 120 valence electrons. The molecule has 1 amide bonds. The Hall–Kier alpha value is -2.24. The van der Waals surface area contributed by atoms with E-state index in [1.165, 1.54) is 11.3 Å². The highest BCUT2D eigenvalue weighted by Crippen LogP contribution is 2.22. The number of carbonyl (C=O) groups is 1. The quantitative estimate of drug-likeness (QED) is 0.884. The van der Waals surface area contributed by atoms with Crippen molar-refractivity contribution in [3.05, 3.63) is 28.7 Å². The Morgan fingerprint density at radius 2 is 2.39 bits per heavy atom. The predicted octanol–water partition coefficient (Wildman–Crippen LogP) is 1.45. The van der Waals surface area contributed by atoms with Crippen LogP contribution in [0.1, 0.15) is 30.6 Å². The lowest BCUT2D eigenvalue weighted by Crippen LogP contribution is -2.47. The largest absolute Gasteiger partial charge is 0.315 e. The molecule has 0 saturated carbocycles. The molecule has 23 heavy (non-hydrogen) atoms. The van der Waals surface area contributed by atoms with Crippen molar-refractivity contribution < 1.29 is 4.79 Å². The van der Waals surface area contributed by atoms with Crippen LogP contribution in [0.3, 0.4) is 0 Å². The molecule has 0 radical (unpaired) electrons. The number of hydrogen-bond donors (Lipinski definition) is 2. The van der Waals surface area contributed by atoms with Crippen molar-refractivity contribution in [3.8, 4) is 6.07 Å². The van der Waals surface area contributed by atoms with Crippen LogP contribution in [0.2, 0.25) is 0 Å². The summed E-state index contributed by atoms with van der Waals surface area (Å²) in [5.74, 6) is 1.78. The summed E-state index contributed by atoms with van der Waals surface area (Å²) in [6.07, 6.45) is 1.79. The first-order valence-electron chi connectivity index (χ1n) is 7.51. The third-order valence-electron chi connectivity index (χ3n) is 4.03. The Morgan fingerprint density at radius 3 is 3.17 bits per heavy atom.